The number of hydrogen-bond donors (Lipinski definition) is 1. The number of carbonyl (C=O) groups is 1. The highest BCUT2D eigenvalue weighted by Gasteiger charge is 2.38. The molecule has 0 radical (unpaired) electrons. The molecule has 0 bridgehead atoms. The lowest BCUT2D eigenvalue weighted by Crippen LogP contribution is -2.32. The van der Waals surface area contributed by atoms with Crippen molar-refractivity contribution in [2.45, 2.75) is 18.6 Å². The van der Waals surface area contributed by atoms with Crippen molar-refractivity contribution < 1.29 is 14.3 Å². The summed E-state index contributed by atoms with van der Waals surface area (Å²) in [6.45, 7) is 0. The lowest BCUT2D eigenvalue weighted by molar-refractivity contribution is -0.144. The lowest BCUT2D eigenvalue weighted by atomic mass is 9.91. The first-order chi connectivity index (χ1) is 20.5. The molecule has 2 atom stereocenters. The maximum Gasteiger partial charge on any atom is 0.276 e. The Kier molecular flexibility index (Phi) is 7.61. The number of hydrogen-bond acceptors (Lipinski definition) is 5. The fourth-order valence-electron chi connectivity index (χ4n) is 5.52. The van der Waals surface area contributed by atoms with Crippen molar-refractivity contribution in [2.75, 3.05) is 14.2 Å². The Balaban J connectivity index is 1.54. The topological polar surface area (TPSA) is 84.0 Å². The van der Waals surface area contributed by atoms with Gasteiger partial charge in [-0.3, -0.25) is 9.59 Å². The zero-order valence-electron chi connectivity index (χ0n) is 23.1. The molecular formula is C34H28ClN3O4. The van der Waals surface area contributed by atoms with Gasteiger partial charge in [0.2, 0.25) is 0 Å². The Bertz CT molecular complexity index is 1840. The van der Waals surface area contributed by atoms with Crippen molar-refractivity contribution in [2.24, 2.45) is 5.10 Å². The first-order valence-electron chi connectivity index (χ1n) is 13.5. The van der Waals surface area contributed by atoms with Gasteiger partial charge in [-0.05, 0) is 47.0 Å². The number of pyridine rings is 1. The Morgan fingerprint density at radius 1 is 0.929 bits per heavy atom. The molecule has 2 heterocycles. The Morgan fingerprint density at radius 2 is 1.62 bits per heavy atom. The van der Waals surface area contributed by atoms with Gasteiger partial charge in [0.1, 0.15) is 5.75 Å². The number of fused-ring (bicyclic) bond motifs is 1. The number of halogens is 1. The van der Waals surface area contributed by atoms with Crippen molar-refractivity contribution in [3.63, 3.8) is 0 Å². The average molecular weight is 578 g/mol. The second-order valence-corrected chi connectivity index (χ2v) is 10.4. The minimum absolute atomic E-state index is 0.295. The number of nitrogens with one attached hydrogen (secondary N) is 1. The molecule has 0 spiro atoms. The summed E-state index contributed by atoms with van der Waals surface area (Å²) in [7, 11) is 3.11. The van der Waals surface area contributed by atoms with Gasteiger partial charge in [0.15, 0.2) is 6.10 Å². The normalized spacial score (nSPS) is 15.5. The number of rotatable bonds is 7. The van der Waals surface area contributed by atoms with Gasteiger partial charge in [-0.15, -0.1) is 0 Å². The van der Waals surface area contributed by atoms with Crippen LogP contribution in [-0.4, -0.2) is 35.8 Å². The molecule has 0 saturated carbocycles. The van der Waals surface area contributed by atoms with Crippen LogP contribution in [-0.2, 0) is 9.53 Å². The zero-order valence-corrected chi connectivity index (χ0v) is 23.8. The summed E-state index contributed by atoms with van der Waals surface area (Å²) in [5.74, 6) is 0.366. The van der Waals surface area contributed by atoms with Crippen LogP contribution in [0.15, 0.2) is 113 Å². The van der Waals surface area contributed by atoms with Crippen LogP contribution in [0.4, 0.5) is 0 Å². The Hall–Kier alpha value is -4.72. The largest absolute Gasteiger partial charge is 0.497 e. The van der Waals surface area contributed by atoms with E-state index in [1.54, 1.807) is 19.2 Å². The number of aromatic amines is 1. The zero-order chi connectivity index (χ0) is 29.2. The van der Waals surface area contributed by atoms with Crippen molar-refractivity contribution in [1.29, 1.82) is 0 Å². The molecule has 42 heavy (non-hydrogen) atoms. The SMILES string of the molecule is COc1ccc([C@H]2CC(c3c(-c4ccccc4)c4cc(Cl)ccc4[nH]c3=O)=NN2C(=O)[C@@H](OC)c2ccccc2)cc1. The van der Waals surface area contributed by atoms with Gasteiger partial charge in [-0.25, -0.2) is 5.01 Å². The summed E-state index contributed by atoms with van der Waals surface area (Å²) in [5.41, 5.74) is 4.39. The maximum atomic E-state index is 14.1. The third-order valence-electron chi connectivity index (χ3n) is 7.53. The molecular weight excluding hydrogens is 550 g/mol. The number of nitrogens with zero attached hydrogens (tertiary/aromatic N) is 2. The summed E-state index contributed by atoms with van der Waals surface area (Å²) >= 11 is 6.43. The number of carbonyl (C=O) groups excluding carboxylic acids is 1. The number of methoxy groups -OCH3 is 2. The molecule has 4 aromatic carbocycles. The molecule has 1 amide bonds. The quantitative estimate of drug-likeness (QED) is 0.227. The molecule has 0 aliphatic carbocycles. The number of amides is 1. The molecule has 8 heteroatoms. The highest BCUT2D eigenvalue weighted by molar-refractivity contribution is 6.31. The maximum absolute atomic E-state index is 14.1. The van der Waals surface area contributed by atoms with Crippen molar-refractivity contribution >= 4 is 34.1 Å². The number of benzene rings is 4. The summed E-state index contributed by atoms with van der Waals surface area (Å²) in [6, 6.07) is 31.4. The van der Waals surface area contributed by atoms with Crippen molar-refractivity contribution in [1.82, 2.24) is 9.99 Å². The van der Waals surface area contributed by atoms with Crippen LogP contribution in [0.3, 0.4) is 0 Å². The summed E-state index contributed by atoms with van der Waals surface area (Å²) < 4.78 is 11.1. The van der Waals surface area contributed by atoms with Crippen LogP contribution in [0, 0.1) is 0 Å². The lowest BCUT2D eigenvalue weighted by Gasteiger charge is -2.26. The second-order valence-electron chi connectivity index (χ2n) is 10.0. The third-order valence-corrected chi connectivity index (χ3v) is 7.76. The van der Waals surface area contributed by atoms with Gasteiger partial charge < -0.3 is 14.5 Å². The first-order valence-corrected chi connectivity index (χ1v) is 13.9. The van der Waals surface area contributed by atoms with E-state index in [1.807, 2.05) is 91.0 Å². The van der Waals surface area contributed by atoms with Gasteiger partial charge in [0.25, 0.3) is 11.5 Å². The summed E-state index contributed by atoms with van der Waals surface area (Å²) in [4.78, 5) is 30.9. The van der Waals surface area contributed by atoms with E-state index in [1.165, 1.54) is 12.1 Å². The smallest absolute Gasteiger partial charge is 0.276 e. The molecule has 0 saturated heterocycles. The van der Waals surface area contributed by atoms with E-state index in [0.29, 0.717) is 45.1 Å². The van der Waals surface area contributed by atoms with Gasteiger partial charge in [0, 0.05) is 35.0 Å². The number of aromatic nitrogens is 1. The molecule has 210 valence electrons. The minimum atomic E-state index is -0.877. The van der Waals surface area contributed by atoms with Crippen LogP contribution >= 0.6 is 11.6 Å². The molecule has 1 aromatic heterocycles. The molecule has 7 nitrogen and oxygen atoms in total. The molecule has 6 rings (SSSR count). The summed E-state index contributed by atoms with van der Waals surface area (Å²) in [5, 5.41) is 7.65. The van der Waals surface area contributed by atoms with E-state index in [9.17, 15) is 9.59 Å². The van der Waals surface area contributed by atoms with E-state index in [0.717, 1.165) is 16.5 Å². The number of ether oxygens (including phenoxy) is 2. The van der Waals surface area contributed by atoms with E-state index in [-0.39, 0.29) is 11.5 Å². The number of hydrazone groups is 1. The Morgan fingerprint density at radius 3 is 2.29 bits per heavy atom. The van der Waals surface area contributed by atoms with Crippen LogP contribution in [0.1, 0.15) is 35.3 Å². The molecule has 0 unspecified atom stereocenters. The van der Waals surface area contributed by atoms with Crippen molar-refractivity contribution in [3.05, 3.63) is 135 Å². The monoisotopic (exact) mass is 577 g/mol. The van der Waals surface area contributed by atoms with Crippen LogP contribution in [0.5, 0.6) is 5.75 Å². The van der Waals surface area contributed by atoms with Crippen LogP contribution < -0.4 is 10.3 Å². The van der Waals surface area contributed by atoms with Gasteiger partial charge in [-0.2, -0.15) is 5.10 Å². The highest BCUT2D eigenvalue weighted by atomic mass is 35.5. The molecule has 5 aromatic rings. The van der Waals surface area contributed by atoms with Crippen LogP contribution in [0.25, 0.3) is 22.0 Å². The van der Waals surface area contributed by atoms with Gasteiger partial charge in [-0.1, -0.05) is 84.4 Å². The second kappa shape index (κ2) is 11.6. The fraction of sp³-hybridized carbons (Fsp3) is 0.147. The average Bonchev–Trinajstić information content (AvgIpc) is 3.47. The highest BCUT2D eigenvalue weighted by Crippen LogP contribution is 2.39. The molecule has 1 aliphatic heterocycles. The van der Waals surface area contributed by atoms with E-state index >= 15 is 0 Å². The summed E-state index contributed by atoms with van der Waals surface area (Å²) in [6.07, 6.45) is -0.560. The predicted octanol–water partition coefficient (Wildman–Crippen LogP) is 6.92. The predicted molar refractivity (Wildman–Crippen MR) is 165 cm³/mol. The van der Waals surface area contributed by atoms with Crippen LogP contribution in [0.2, 0.25) is 5.02 Å². The molecule has 1 aliphatic rings. The van der Waals surface area contributed by atoms with E-state index < -0.39 is 12.1 Å². The molecule has 0 fully saturated rings. The molecule has 1 N–H and O–H groups in total. The Labute approximate surface area is 248 Å². The minimum Gasteiger partial charge on any atom is -0.497 e. The standard InChI is InChI=1S/C34H28ClN3O4/c1-41-25-16-13-21(14-17-25)29-20-28(37-38(29)34(40)32(42-2)23-11-7-4-8-12-23)31-30(22-9-5-3-6-10-22)26-19-24(35)15-18-27(26)36-33(31)39/h3-19,29,32H,20H2,1-2H3,(H,36,39)/t29-,32+/m1/s1. The first kappa shape index (κ1) is 27.4. The third kappa shape index (κ3) is 5.09. The van der Waals surface area contributed by atoms with Crippen molar-refractivity contribution in [3.8, 4) is 16.9 Å². The van der Waals surface area contributed by atoms with Gasteiger partial charge in [0.05, 0.1) is 24.4 Å². The van der Waals surface area contributed by atoms with E-state index in [2.05, 4.69) is 4.98 Å². The fourth-order valence-corrected chi connectivity index (χ4v) is 5.70. The number of H-pyrrole nitrogens is 1. The van der Waals surface area contributed by atoms with Gasteiger partial charge >= 0.3 is 0 Å². The van der Waals surface area contributed by atoms with E-state index in [4.69, 9.17) is 26.2 Å².